The van der Waals surface area contributed by atoms with Crippen LogP contribution < -0.4 is 16.7 Å². The molecule has 2 aromatic carbocycles. The number of nitrogens with zero attached hydrogens (tertiary/aromatic N) is 9. The number of nitrogens with one attached hydrogen (secondary N) is 1. The topological polar surface area (TPSA) is 156 Å². The minimum atomic E-state index is -1.35. The SMILES string of the molecule is CS(=O)c1nccc(-c2cn(C3CCOCC3)c(=O)n2-c2ccc(F)cc2)n1.O=c1n(C2CCOCC2)cc(-c2ccnc(NC3CCC(N4CCCCC4)CC3)n2)n1-c1ccc(F)cc1. The van der Waals surface area contributed by atoms with Crippen molar-refractivity contribution in [3.63, 3.8) is 0 Å². The summed E-state index contributed by atoms with van der Waals surface area (Å²) < 4.78 is 56.4. The van der Waals surface area contributed by atoms with Crippen molar-refractivity contribution in [1.29, 1.82) is 0 Å². The van der Waals surface area contributed by atoms with Gasteiger partial charge in [0.25, 0.3) is 0 Å². The number of anilines is 1. The normalized spacial score (nSPS) is 20.3. The van der Waals surface area contributed by atoms with E-state index in [0.717, 1.165) is 38.5 Å². The monoisotopic (exact) mass is 922 g/mol. The first-order valence-electron chi connectivity index (χ1n) is 23.1. The van der Waals surface area contributed by atoms with Gasteiger partial charge >= 0.3 is 11.4 Å². The largest absolute Gasteiger partial charge is 0.381 e. The Bertz CT molecular complexity index is 2710. The van der Waals surface area contributed by atoms with Crippen LogP contribution in [0.1, 0.15) is 82.7 Å². The van der Waals surface area contributed by atoms with Crippen LogP contribution in [0.5, 0.6) is 0 Å². The third kappa shape index (κ3) is 10.3. The fourth-order valence-electron chi connectivity index (χ4n) is 9.66. The molecule has 0 radical (unpaired) electrons. The van der Waals surface area contributed by atoms with Gasteiger partial charge in [-0.05, 0) is 138 Å². The first-order chi connectivity index (χ1) is 32.2. The lowest BCUT2D eigenvalue weighted by molar-refractivity contribution is 0.0685. The average Bonchev–Trinajstić information content (AvgIpc) is 3.90. The lowest BCUT2D eigenvalue weighted by atomic mass is 9.89. The van der Waals surface area contributed by atoms with Crippen LogP contribution in [-0.4, -0.2) is 105 Å². The first-order valence-corrected chi connectivity index (χ1v) is 24.6. The molecule has 15 nitrogen and oxygen atoms in total. The lowest BCUT2D eigenvalue weighted by Gasteiger charge is -2.39. The highest BCUT2D eigenvalue weighted by atomic mass is 32.2. The van der Waals surface area contributed by atoms with E-state index < -0.39 is 10.8 Å². The van der Waals surface area contributed by atoms with Crippen LogP contribution in [0.4, 0.5) is 14.7 Å². The average molecular weight is 923 g/mol. The molecule has 1 N–H and O–H groups in total. The molecule has 4 aromatic heterocycles. The predicted molar refractivity (Wildman–Crippen MR) is 248 cm³/mol. The Kier molecular flexibility index (Phi) is 14.4. The number of ether oxygens (including phenoxy) is 2. The van der Waals surface area contributed by atoms with E-state index >= 15 is 0 Å². The van der Waals surface area contributed by atoms with Crippen LogP contribution in [-0.2, 0) is 20.3 Å². The van der Waals surface area contributed by atoms with Crippen LogP contribution in [0.3, 0.4) is 0 Å². The molecule has 1 saturated carbocycles. The molecule has 1 atom stereocenters. The summed E-state index contributed by atoms with van der Waals surface area (Å²) in [4.78, 5) is 47.3. The van der Waals surface area contributed by atoms with Gasteiger partial charge in [-0.15, -0.1) is 0 Å². The van der Waals surface area contributed by atoms with Gasteiger partial charge in [-0.1, -0.05) is 6.42 Å². The number of benzene rings is 2. The van der Waals surface area contributed by atoms with E-state index in [0.29, 0.717) is 78.6 Å². The maximum absolute atomic E-state index is 13.7. The maximum atomic E-state index is 13.7. The molecule has 10 rings (SSSR count). The fourth-order valence-corrected chi connectivity index (χ4v) is 10.1. The molecule has 4 aliphatic rings. The molecule has 3 aliphatic heterocycles. The van der Waals surface area contributed by atoms with Crippen molar-refractivity contribution in [2.45, 2.75) is 100.0 Å². The van der Waals surface area contributed by atoms with Crippen molar-refractivity contribution >= 4 is 16.7 Å². The van der Waals surface area contributed by atoms with Gasteiger partial charge in [-0.2, -0.15) is 0 Å². The van der Waals surface area contributed by atoms with Gasteiger partial charge in [-0.25, -0.2) is 38.3 Å². The molecule has 66 heavy (non-hydrogen) atoms. The van der Waals surface area contributed by atoms with E-state index in [1.165, 1.54) is 86.5 Å². The van der Waals surface area contributed by atoms with E-state index in [9.17, 15) is 22.6 Å². The maximum Gasteiger partial charge on any atom is 0.333 e. The zero-order valence-corrected chi connectivity index (χ0v) is 38.0. The summed E-state index contributed by atoms with van der Waals surface area (Å²) >= 11 is 0. The summed E-state index contributed by atoms with van der Waals surface area (Å²) in [6.45, 7) is 4.96. The van der Waals surface area contributed by atoms with Crippen LogP contribution in [0.2, 0.25) is 0 Å². The lowest BCUT2D eigenvalue weighted by Crippen LogP contribution is -2.43. The van der Waals surface area contributed by atoms with Gasteiger partial charge in [0.15, 0.2) is 0 Å². The molecule has 0 bridgehead atoms. The second-order valence-corrected chi connectivity index (χ2v) is 18.7. The minimum Gasteiger partial charge on any atom is -0.381 e. The van der Waals surface area contributed by atoms with Gasteiger partial charge in [0.05, 0.1) is 45.0 Å². The standard InChI is InChI=1S/C29H37FN6O2.C19H19FN4O3S/c30-21-4-8-25(9-5-21)36-27(20-35(29(36)37)24-13-18-38-19-14-24)26-12-15-31-28(33-26)32-22-6-10-23(11-7-22)34-16-2-1-3-17-34;1-28(26)18-21-9-6-16(22-18)17-12-23(14-7-10-27-11-8-14)19(25)24(17)15-4-2-13(20)3-5-15/h4-5,8-9,12,15,20,22-24H,1-3,6-7,10-11,13-14,16-19H2,(H,31,32,33);2-6,9,12,14H,7-8,10-11H2,1H3. The van der Waals surface area contributed by atoms with Crippen LogP contribution in [0, 0.1) is 11.6 Å². The van der Waals surface area contributed by atoms with Gasteiger partial charge in [0.1, 0.15) is 11.6 Å². The Labute approximate surface area is 384 Å². The Morgan fingerprint density at radius 1 is 0.606 bits per heavy atom. The molecule has 7 heterocycles. The van der Waals surface area contributed by atoms with Crippen molar-refractivity contribution in [2.75, 3.05) is 51.1 Å². The number of halogens is 2. The van der Waals surface area contributed by atoms with Crippen LogP contribution >= 0.6 is 0 Å². The highest BCUT2D eigenvalue weighted by Gasteiger charge is 2.28. The molecule has 1 aliphatic carbocycles. The van der Waals surface area contributed by atoms with Crippen LogP contribution in [0.25, 0.3) is 34.2 Å². The van der Waals surface area contributed by atoms with Gasteiger partial charge < -0.3 is 19.7 Å². The molecule has 3 saturated heterocycles. The second-order valence-electron chi connectivity index (χ2n) is 17.4. The van der Waals surface area contributed by atoms with E-state index in [-0.39, 0.29) is 40.3 Å². The van der Waals surface area contributed by atoms with Crippen molar-refractivity contribution in [2.24, 2.45) is 0 Å². The number of piperidine rings is 1. The van der Waals surface area contributed by atoms with Gasteiger partial charge in [-0.3, -0.25) is 22.5 Å². The molecular formula is C48H56F2N10O5S. The highest BCUT2D eigenvalue weighted by Crippen LogP contribution is 2.30. The van der Waals surface area contributed by atoms with Crippen LogP contribution in [0.15, 0.2) is 100 Å². The van der Waals surface area contributed by atoms with Crippen molar-refractivity contribution in [3.05, 3.63) is 118 Å². The summed E-state index contributed by atoms with van der Waals surface area (Å²) in [5.74, 6) is -0.135. The molecular weight excluding hydrogens is 867 g/mol. The van der Waals surface area contributed by atoms with Gasteiger partial charge in [0, 0.05) is 81.6 Å². The summed E-state index contributed by atoms with van der Waals surface area (Å²) in [7, 11) is -1.35. The van der Waals surface area contributed by atoms with Crippen molar-refractivity contribution in [3.8, 4) is 34.2 Å². The molecule has 0 amide bonds. The smallest absolute Gasteiger partial charge is 0.333 e. The van der Waals surface area contributed by atoms with Crippen molar-refractivity contribution in [1.82, 2.24) is 43.1 Å². The highest BCUT2D eigenvalue weighted by molar-refractivity contribution is 7.84. The molecule has 6 aromatic rings. The predicted octanol–water partition coefficient (Wildman–Crippen LogP) is 7.12. The second kappa shape index (κ2) is 20.9. The third-order valence-electron chi connectivity index (χ3n) is 13.2. The Morgan fingerprint density at radius 3 is 1.59 bits per heavy atom. The number of imidazole rings is 2. The summed E-state index contributed by atoms with van der Waals surface area (Å²) in [5, 5.41) is 3.75. The zero-order valence-electron chi connectivity index (χ0n) is 37.1. The quantitative estimate of drug-likeness (QED) is 0.140. The Hall–Kier alpha value is -5.69. The summed E-state index contributed by atoms with van der Waals surface area (Å²) in [6.07, 6.45) is 20.1. The molecule has 348 valence electrons. The minimum absolute atomic E-state index is 0.0170. The molecule has 18 heteroatoms. The number of rotatable bonds is 10. The first kappa shape index (κ1) is 45.5. The van der Waals surface area contributed by atoms with E-state index in [4.69, 9.17) is 14.5 Å². The third-order valence-corrected chi connectivity index (χ3v) is 13.9. The molecule has 0 spiro atoms. The number of hydrogen-bond donors (Lipinski definition) is 1. The number of aromatic nitrogens is 8. The Balaban J connectivity index is 0.000000174. The zero-order chi connectivity index (χ0) is 45.6. The summed E-state index contributed by atoms with van der Waals surface area (Å²) in [6, 6.07) is 16.4. The van der Waals surface area contributed by atoms with E-state index in [2.05, 4.69) is 25.2 Å². The van der Waals surface area contributed by atoms with Crippen molar-refractivity contribution < 1.29 is 22.5 Å². The number of likely N-dealkylation sites (tertiary alicyclic amines) is 1. The van der Waals surface area contributed by atoms with E-state index in [1.807, 2.05) is 12.3 Å². The molecule has 4 fully saturated rings. The number of hydrogen-bond acceptors (Lipinski definition) is 11. The fraction of sp³-hybridized carbons (Fsp3) is 0.458. The Morgan fingerprint density at radius 2 is 1.09 bits per heavy atom. The molecule has 1 unspecified atom stereocenters. The van der Waals surface area contributed by atoms with E-state index in [1.54, 1.807) is 56.4 Å². The van der Waals surface area contributed by atoms with Gasteiger partial charge in [0.2, 0.25) is 11.1 Å². The summed E-state index contributed by atoms with van der Waals surface area (Å²) in [5.41, 5.74) is 3.12.